The molecule has 1 N–H and O–H groups in total. The molecule has 0 radical (unpaired) electrons. The Morgan fingerprint density at radius 3 is 2.84 bits per heavy atom. The Hall–Kier alpha value is -1.32. The Kier molecular flexibility index (Phi) is 4.27. The Labute approximate surface area is 116 Å². The molecule has 1 aliphatic rings. The molecular weight excluding hydrogens is 238 g/mol. The van der Waals surface area contributed by atoms with Crippen LogP contribution in [0, 0.1) is 11.3 Å². The minimum atomic E-state index is 0.255. The largest absolute Gasteiger partial charge is 0.473 e. The van der Waals surface area contributed by atoms with Gasteiger partial charge in [0.25, 0.3) is 0 Å². The maximum Gasteiger partial charge on any atom is 0.234 e. The first-order chi connectivity index (χ1) is 8.98. The summed E-state index contributed by atoms with van der Waals surface area (Å²) in [6.07, 6.45) is 7.15. The van der Waals surface area contributed by atoms with Gasteiger partial charge in [-0.05, 0) is 37.5 Å². The van der Waals surface area contributed by atoms with Gasteiger partial charge < -0.3 is 10.1 Å². The molecule has 0 aliphatic heterocycles. The van der Waals surface area contributed by atoms with Crippen LogP contribution in [0.5, 0.6) is 5.88 Å². The lowest BCUT2D eigenvalue weighted by Crippen LogP contribution is -2.34. The van der Waals surface area contributed by atoms with E-state index in [2.05, 4.69) is 36.1 Å². The predicted molar refractivity (Wildman–Crippen MR) is 77.4 cm³/mol. The fourth-order valence-corrected chi connectivity index (χ4v) is 3.19. The van der Waals surface area contributed by atoms with Gasteiger partial charge in [-0.1, -0.05) is 20.8 Å². The summed E-state index contributed by atoms with van der Waals surface area (Å²) in [6, 6.07) is 0. The number of nitrogens with zero attached hydrogens (tertiary/aromatic N) is 2. The smallest absolute Gasteiger partial charge is 0.234 e. The molecule has 0 amide bonds. The fourth-order valence-electron chi connectivity index (χ4n) is 3.19. The van der Waals surface area contributed by atoms with E-state index < -0.39 is 0 Å². The van der Waals surface area contributed by atoms with Crippen LogP contribution in [0.1, 0.15) is 47.0 Å². The van der Waals surface area contributed by atoms with Crippen LogP contribution in [0.3, 0.4) is 0 Å². The van der Waals surface area contributed by atoms with E-state index in [9.17, 15) is 0 Å². The summed E-state index contributed by atoms with van der Waals surface area (Å²) in [6.45, 7) is 9.82. The minimum absolute atomic E-state index is 0.255. The second kappa shape index (κ2) is 5.76. The van der Waals surface area contributed by atoms with Gasteiger partial charge in [0.05, 0.1) is 12.4 Å². The van der Waals surface area contributed by atoms with Gasteiger partial charge in [0, 0.05) is 6.54 Å². The molecule has 0 bridgehead atoms. The van der Waals surface area contributed by atoms with Gasteiger partial charge in [0.15, 0.2) is 0 Å². The average molecular weight is 263 g/mol. The van der Waals surface area contributed by atoms with Crippen LogP contribution in [0.4, 0.5) is 5.82 Å². The van der Waals surface area contributed by atoms with Gasteiger partial charge in [-0.25, -0.2) is 0 Å². The summed E-state index contributed by atoms with van der Waals surface area (Å²) < 4.78 is 6.03. The van der Waals surface area contributed by atoms with E-state index >= 15 is 0 Å². The average Bonchev–Trinajstić information content (AvgIpc) is 2.26. The zero-order valence-corrected chi connectivity index (χ0v) is 12.4. The normalized spacial score (nSPS) is 25.9. The van der Waals surface area contributed by atoms with Crippen LogP contribution in [0.25, 0.3) is 0 Å². The number of hydrogen-bond donors (Lipinski definition) is 1. The van der Waals surface area contributed by atoms with E-state index in [0.29, 0.717) is 17.2 Å². The molecule has 4 heteroatoms. The van der Waals surface area contributed by atoms with Crippen LogP contribution in [-0.2, 0) is 0 Å². The maximum atomic E-state index is 6.03. The molecule has 0 aromatic carbocycles. The lowest BCUT2D eigenvalue weighted by atomic mass is 9.71. The first-order valence-electron chi connectivity index (χ1n) is 7.21. The second-order valence-electron chi connectivity index (χ2n) is 6.43. The zero-order valence-electron chi connectivity index (χ0n) is 12.4. The van der Waals surface area contributed by atoms with Crippen molar-refractivity contribution in [2.45, 2.75) is 53.1 Å². The highest BCUT2D eigenvalue weighted by Crippen LogP contribution is 2.39. The minimum Gasteiger partial charge on any atom is -0.473 e. The summed E-state index contributed by atoms with van der Waals surface area (Å²) in [7, 11) is 0. The summed E-state index contributed by atoms with van der Waals surface area (Å²) in [5.74, 6) is 2.12. The van der Waals surface area contributed by atoms with Crippen molar-refractivity contribution >= 4 is 5.82 Å². The van der Waals surface area contributed by atoms with Crippen LogP contribution >= 0.6 is 0 Å². The molecule has 1 aromatic heterocycles. The van der Waals surface area contributed by atoms with Gasteiger partial charge >= 0.3 is 0 Å². The van der Waals surface area contributed by atoms with E-state index in [0.717, 1.165) is 25.2 Å². The lowest BCUT2D eigenvalue weighted by molar-refractivity contribution is 0.0531. The molecule has 1 aliphatic carbocycles. The molecule has 1 heterocycles. The molecule has 1 fully saturated rings. The first kappa shape index (κ1) is 14.1. The van der Waals surface area contributed by atoms with Gasteiger partial charge in [-0.15, -0.1) is 0 Å². The summed E-state index contributed by atoms with van der Waals surface area (Å²) in [5, 5.41) is 3.16. The highest BCUT2D eigenvalue weighted by molar-refractivity contribution is 5.32. The Bertz CT molecular complexity index is 420. The first-order valence-corrected chi connectivity index (χ1v) is 7.21. The molecule has 2 rings (SSSR count). The number of aromatic nitrogens is 2. The van der Waals surface area contributed by atoms with Crippen molar-refractivity contribution < 1.29 is 4.74 Å². The standard InChI is InChI=1S/C15H25N3O/c1-5-17-13-9-16-10-14(18-13)19-12-6-11(2)7-15(3,4)8-12/h9-12H,5-8H2,1-4H3,(H,17,18). The molecule has 106 valence electrons. The molecule has 2 unspecified atom stereocenters. The Balaban J connectivity index is 2.02. The van der Waals surface area contributed by atoms with Crippen molar-refractivity contribution in [1.29, 1.82) is 0 Å². The van der Waals surface area contributed by atoms with Crippen LogP contribution in [-0.4, -0.2) is 22.6 Å². The van der Waals surface area contributed by atoms with Crippen LogP contribution < -0.4 is 10.1 Å². The second-order valence-corrected chi connectivity index (χ2v) is 6.43. The molecule has 2 atom stereocenters. The summed E-state index contributed by atoms with van der Waals surface area (Å²) in [4.78, 5) is 8.61. The summed E-state index contributed by atoms with van der Waals surface area (Å²) >= 11 is 0. The van der Waals surface area contributed by atoms with E-state index in [1.54, 1.807) is 12.4 Å². The zero-order chi connectivity index (χ0) is 13.9. The Morgan fingerprint density at radius 1 is 1.37 bits per heavy atom. The van der Waals surface area contributed by atoms with Gasteiger partial charge in [-0.3, -0.25) is 4.98 Å². The van der Waals surface area contributed by atoms with Crippen molar-refractivity contribution in [3.8, 4) is 5.88 Å². The number of ether oxygens (including phenoxy) is 1. The topological polar surface area (TPSA) is 47.0 Å². The van der Waals surface area contributed by atoms with Crippen LogP contribution in [0.2, 0.25) is 0 Å². The van der Waals surface area contributed by atoms with E-state index in [-0.39, 0.29) is 6.10 Å². The SMILES string of the molecule is CCNc1cncc(OC2CC(C)CC(C)(C)C2)n1. The number of nitrogens with one attached hydrogen (secondary N) is 1. The monoisotopic (exact) mass is 263 g/mol. The highest BCUT2D eigenvalue weighted by atomic mass is 16.5. The maximum absolute atomic E-state index is 6.03. The van der Waals surface area contributed by atoms with Crippen molar-refractivity contribution in [2.75, 3.05) is 11.9 Å². The molecule has 0 spiro atoms. The predicted octanol–water partition coefficient (Wildman–Crippen LogP) is 3.50. The number of rotatable bonds is 4. The molecule has 1 saturated carbocycles. The molecule has 4 nitrogen and oxygen atoms in total. The third kappa shape index (κ3) is 4.08. The lowest BCUT2D eigenvalue weighted by Gasteiger charge is -2.38. The fraction of sp³-hybridized carbons (Fsp3) is 0.733. The summed E-state index contributed by atoms with van der Waals surface area (Å²) in [5.41, 5.74) is 0.356. The number of hydrogen-bond acceptors (Lipinski definition) is 4. The van der Waals surface area contributed by atoms with Gasteiger partial charge in [-0.2, -0.15) is 4.98 Å². The third-order valence-corrected chi connectivity index (χ3v) is 3.60. The third-order valence-electron chi connectivity index (χ3n) is 3.60. The molecule has 0 saturated heterocycles. The van der Waals surface area contributed by atoms with Gasteiger partial charge in [0.2, 0.25) is 5.88 Å². The van der Waals surface area contributed by atoms with Crippen molar-refractivity contribution in [3.05, 3.63) is 12.4 Å². The van der Waals surface area contributed by atoms with E-state index in [1.165, 1.54) is 6.42 Å². The van der Waals surface area contributed by atoms with Crippen molar-refractivity contribution in [3.63, 3.8) is 0 Å². The highest BCUT2D eigenvalue weighted by Gasteiger charge is 2.33. The molecule has 1 aromatic rings. The molecule has 19 heavy (non-hydrogen) atoms. The quantitative estimate of drug-likeness (QED) is 0.903. The van der Waals surface area contributed by atoms with Crippen LogP contribution in [0.15, 0.2) is 12.4 Å². The molecular formula is C15H25N3O. The van der Waals surface area contributed by atoms with E-state index in [1.807, 2.05) is 6.92 Å². The Morgan fingerprint density at radius 2 is 2.16 bits per heavy atom. The van der Waals surface area contributed by atoms with Gasteiger partial charge in [0.1, 0.15) is 11.9 Å². The number of anilines is 1. The van der Waals surface area contributed by atoms with Crippen molar-refractivity contribution in [1.82, 2.24) is 9.97 Å². The van der Waals surface area contributed by atoms with E-state index in [4.69, 9.17) is 4.74 Å². The van der Waals surface area contributed by atoms with Crippen molar-refractivity contribution in [2.24, 2.45) is 11.3 Å².